The van der Waals surface area contributed by atoms with E-state index in [2.05, 4.69) is 23.5 Å². The van der Waals surface area contributed by atoms with Crippen LogP contribution in [0.25, 0.3) is 11.1 Å². The quantitative estimate of drug-likeness (QED) is 0.837. The van der Waals surface area contributed by atoms with E-state index in [-0.39, 0.29) is 16.5 Å². The van der Waals surface area contributed by atoms with Gasteiger partial charge >= 0.3 is 5.76 Å². The zero-order valence-corrected chi connectivity index (χ0v) is 15.7. The van der Waals surface area contributed by atoms with Gasteiger partial charge in [0.05, 0.1) is 10.4 Å². The largest absolute Gasteiger partial charge is 0.419 e. The Kier molecular flexibility index (Phi) is 5.04. The molecule has 1 atom stereocenters. The van der Waals surface area contributed by atoms with Gasteiger partial charge in [0.1, 0.15) is 0 Å². The van der Waals surface area contributed by atoms with E-state index in [1.807, 2.05) is 0 Å². The second-order valence-corrected chi connectivity index (χ2v) is 8.73. The average molecular weight is 367 g/mol. The molecule has 1 aromatic heterocycles. The van der Waals surface area contributed by atoms with Gasteiger partial charge in [-0.25, -0.2) is 17.9 Å². The molecule has 2 heterocycles. The molecule has 0 radical (unpaired) electrons. The minimum absolute atomic E-state index is 0.110. The minimum Gasteiger partial charge on any atom is -0.408 e. The highest BCUT2D eigenvalue weighted by Crippen LogP contribution is 2.20. The maximum absolute atomic E-state index is 12.7. The second-order valence-electron chi connectivity index (χ2n) is 6.96. The number of fused-ring (bicyclic) bond motifs is 1. The standard InChI is InChI=1S/C17H25N3O4S/c1-12(2)15(20-8-4-5-9-20)11-18-25(22,23)13-6-7-14-16(10-13)24-17(21)19(14)3/h6-7,10,12,15,18H,4-5,8-9,11H2,1-3H3. The summed E-state index contributed by atoms with van der Waals surface area (Å²) in [5.74, 6) is -0.151. The predicted octanol–water partition coefficient (Wildman–Crippen LogP) is 1.53. The van der Waals surface area contributed by atoms with Gasteiger partial charge in [0.2, 0.25) is 10.0 Å². The lowest BCUT2D eigenvalue weighted by molar-refractivity contribution is 0.193. The van der Waals surface area contributed by atoms with E-state index in [1.165, 1.54) is 29.5 Å². The van der Waals surface area contributed by atoms with Crippen molar-refractivity contribution in [2.24, 2.45) is 13.0 Å². The summed E-state index contributed by atoms with van der Waals surface area (Å²) in [6.45, 7) is 6.64. The van der Waals surface area contributed by atoms with Crippen LogP contribution in [0.1, 0.15) is 26.7 Å². The van der Waals surface area contributed by atoms with Crippen molar-refractivity contribution in [1.29, 1.82) is 0 Å². The third-order valence-electron chi connectivity index (χ3n) is 4.94. The summed E-state index contributed by atoms with van der Waals surface area (Å²) in [4.78, 5) is 14.0. The van der Waals surface area contributed by atoms with Crippen LogP contribution in [0.5, 0.6) is 0 Å². The molecule has 1 aromatic carbocycles. The molecule has 1 fully saturated rings. The van der Waals surface area contributed by atoms with E-state index in [9.17, 15) is 13.2 Å². The number of aryl methyl sites for hydroxylation is 1. The van der Waals surface area contributed by atoms with Crippen molar-refractivity contribution in [2.45, 2.75) is 37.6 Å². The molecule has 1 aliphatic rings. The number of likely N-dealkylation sites (tertiary alicyclic amines) is 1. The van der Waals surface area contributed by atoms with Crippen LogP contribution >= 0.6 is 0 Å². The molecular formula is C17H25N3O4S. The molecule has 0 amide bonds. The van der Waals surface area contributed by atoms with Gasteiger partial charge in [-0.05, 0) is 44.0 Å². The van der Waals surface area contributed by atoms with Gasteiger partial charge in [-0.1, -0.05) is 13.8 Å². The first kappa shape index (κ1) is 18.2. The van der Waals surface area contributed by atoms with E-state index in [1.54, 1.807) is 13.1 Å². The molecule has 7 nitrogen and oxygen atoms in total. The lowest BCUT2D eigenvalue weighted by atomic mass is 10.0. The molecule has 138 valence electrons. The summed E-state index contributed by atoms with van der Waals surface area (Å²) in [5.41, 5.74) is 0.844. The van der Waals surface area contributed by atoms with Crippen LogP contribution in [0.4, 0.5) is 0 Å². The maximum Gasteiger partial charge on any atom is 0.419 e. The van der Waals surface area contributed by atoms with Crippen LogP contribution < -0.4 is 10.5 Å². The molecule has 25 heavy (non-hydrogen) atoms. The van der Waals surface area contributed by atoms with Crippen molar-refractivity contribution in [3.63, 3.8) is 0 Å². The Hall–Kier alpha value is -1.64. The van der Waals surface area contributed by atoms with Crippen LogP contribution in [0, 0.1) is 5.92 Å². The summed E-state index contributed by atoms with van der Waals surface area (Å²) in [5, 5.41) is 0. The Balaban J connectivity index is 1.80. The lowest BCUT2D eigenvalue weighted by Gasteiger charge is -2.30. The normalized spacial score (nSPS) is 17.6. The SMILES string of the molecule is CC(C)C(CNS(=O)(=O)c1ccc2c(c1)oc(=O)n2C)N1CCCC1. The topological polar surface area (TPSA) is 84.5 Å². The zero-order chi connectivity index (χ0) is 18.2. The Morgan fingerprint density at radius 2 is 1.92 bits per heavy atom. The number of aromatic nitrogens is 1. The van der Waals surface area contributed by atoms with Crippen LogP contribution in [0.2, 0.25) is 0 Å². The smallest absolute Gasteiger partial charge is 0.408 e. The molecule has 0 saturated carbocycles. The van der Waals surface area contributed by atoms with Crippen LogP contribution in [-0.2, 0) is 17.1 Å². The van der Waals surface area contributed by atoms with Crippen molar-refractivity contribution >= 4 is 21.1 Å². The molecule has 0 spiro atoms. The zero-order valence-electron chi connectivity index (χ0n) is 14.9. The Morgan fingerprint density at radius 1 is 1.24 bits per heavy atom. The summed E-state index contributed by atoms with van der Waals surface area (Å²) in [7, 11) is -2.07. The van der Waals surface area contributed by atoms with Crippen LogP contribution in [0.15, 0.2) is 32.3 Å². The number of benzene rings is 1. The van der Waals surface area contributed by atoms with Crippen molar-refractivity contribution in [2.75, 3.05) is 19.6 Å². The lowest BCUT2D eigenvalue weighted by Crippen LogP contribution is -2.45. The highest BCUT2D eigenvalue weighted by Gasteiger charge is 2.26. The molecule has 2 aromatic rings. The molecular weight excluding hydrogens is 342 g/mol. The van der Waals surface area contributed by atoms with E-state index >= 15 is 0 Å². The third kappa shape index (κ3) is 3.65. The fourth-order valence-electron chi connectivity index (χ4n) is 3.42. The summed E-state index contributed by atoms with van der Waals surface area (Å²) >= 11 is 0. The number of hydrogen-bond acceptors (Lipinski definition) is 5. The van der Waals surface area contributed by atoms with Crippen molar-refractivity contribution in [3.8, 4) is 0 Å². The number of rotatable bonds is 6. The number of oxazole rings is 1. The minimum atomic E-state index is -3.66. The average Bonchev–Trinajstić information content (AvgIpc) is 3.16. The molecule has 0 aliphatic carbocycles. The Morgan fingerprint density at radius 3 is 2.56 bits per heavy atom. The highest BCUT2D eigenvalue weighted by molar-refractivity contribution is 7.89. The predicted molar refractivity (Wildman–Crippen MR) is 96.1 cm³/mol. The molecule has 1 unspecified atom stereocenters. The molecule has 1 aliphatic heterocycles. The molecule has 1 saturated heterocycles. The van der Waals surface area contributed by atoms with Gasteiger partial charge in [0, 0.05) is 25.7 Å². The van der Waals surface area contributed by atoms with Gasteiger partial charge < -0.3 is 4.42 Å². The first-order valence-corrected chi connectivity index (χ1v) is 10.1. The maximum atomic E-state index is 12.7. The summed E-state index contributed by atoms with van der Waals surface area (Å²) in [6.07, 6.45) is 2.33. The van der Waals surface area contributed by atoms with Gasteiger partial charge in [-0.3, -0.25) is 9.47 Å². The monoisotopic (exact) mass is 367 g/mol. The van der Waals surface area contributed by atoms with Crippen molar-refractivity contribution < 1.29 is 12.8 Å². The van der Waals surface area contributed by atoms with Gasteiger partial charge in [-0.15, -0.1) is 0 Å². The van der Waals surface area contributed by atoms with Gasteiger partial charge in [-0.2, -0.15) is 0 Å². The number of nitrogens with one attached hydrogen (secondary N) is 1. The fraction of sp³-hybridized carbons (Fsp3) is 0.588. The summed E-state index contributed by atoms with van der Waals surface area (Å²) in [6, 6.07) is 4.67. The van der Waals surface area contributed by atoms with E-state index in [4.69, 9.17) is 4.42 Å². The molecule has 1 N–H and O–H groups in total. The van der Waals surface area contributed by atoms with Crippen molar-refractivity contribution in [3.05, 3.63) is 28.7 Å². The highest BCUT2D eigenvalue weighted by atomic mass is 32.2. The number of sulfonamides is 1. The summed E-state index contributed by atoms with van der Waals surface area (Å²) < 4.78 is 34.5. The Labute approximate surface area is 147 Å². The first-order chi connectivity index (χ1) is 11.8. The van der Waals surface area contributed by atoms with Crippen LogP contribution in [0.3, 0.4) is 0 Å². The van der Waals surface area contributed by atoms with Gasteiger partial charge in [0.25, 0.3) is 0 Å². The fourth-order valence-corrected chi connectivity index (χ4v) is 4.49. The molecule has 0 bridgehead atoms. The van der Waals surface area contributed by atoms with Crippen molar-refractivity contribution in [1.82, 2.24) is 14.2 Å². The van der Waals surface area contributed by atoms with Gasteiger partial charge in [0.15, 0.2) is 5.58 Å². The Bertz CT molecular complexity index is 908. The van der Waals surface area contributed by atoms with E-state index in [0.29, 0.717) is 18.0 Å². The van der Waals surface area contributed by atoms with E-state index in [0.717, 1.165) is 13.1 Å². The number of nitrogens with zero attached hydrogens (tertiary/aromatic N) is 2. The second kappa shape index (κ2) is 6.93. The number of hydrogen-bond donors (Lipinski definition) is 1. The van der Waals surface area contributed by atoms with Crippen LogP contribution in [-0.4, -0.2) is 43.6 Å². The molecule has 3 rings (SSSR count). The molecule has 8 heteroatoms. The third-order valence-corrected chi connectivity index (χ3v) is 6.36. The van der Waals surface area contributed by atoms with E-state index < -0.39 is 15.8 Å². The first-order valence-electron chi connectivity index (χ1n) is 8.63.